The van der Waals surface area contributed by atoms with Gasteiger partial charge in [0, 0.05) is 12.2 Å². The third kappa shape index (κ3) is 2.55. The molecule has 0 saturated heterocycles. The van der Waals surface area contributed by atoms with Crippen LogP contribution in [0.1, 0.15) is 29.6 Å². The summed E-state index contributed by atoms with van der Waals surface area (Å²) in [6, 6.07) is 3.69. The lowest BCUT2D eigenvalue weighted by atomic mass is 10.0. The molecule has 1 saturated carbocycles. The summed E-state index contributed by atoms with van der Waals surface area (Å²) in [7, 11) is 0. The molecule has 2 rings (SSSR count). The monoisotopic (exact) mass is 234 g/mol. The fourth-order valence-corrected chi connectivity index (χ4v) is 2.40. The van der Waals surface area contributed by atoms with E-state index in [1.807, 2.05) is 0 Å². The third-order valence-corrected chi connectivity index (χ3v) is 3.36. The summed E-state index contributed by atoms with van der Waals surface area (Å²) in [4.78, 5) is 15.4. The number of nitrogens with one attached hydrogen (secondary N) is 1. The predicted octanol–water partition coefficient (Wildman–Crippen LogP) is 0.720. The topological polar surface area (TPSA) is 94.0 Å². The Labute approximate surface area is 101 Å². The fourth-order valence-electron chi connectivity index (χ4n) is 2.40. The average molecular weight is 234 g/mol. The normalized spacial score (nSPS) is 23.6. The van der Waals surface area contributed by atoms with Gasteiger partial charge in [-0.05, 0) is 37.4 Å². The van der Waals surface area contributed by atoms with Gasteiger partial charge in [0.15, 0.2) is 0 Å². The molecule has 1 aliphatic carbocycles. The van der Waals surface area contributed by atoms with E-state index in [1.54, 1.807) is 18.3 Å². The number of pyridine rings is 1. The maximum absolute atomic E-state index is 11.3. The predicted molar refractivity (Wildman–Crippen MR) is 66.6 cm³/mol. The number of carbonyl (C=O) groups is 1. The van der Waals surface area contributed by atoms with Crippen molar-refractivity contribution in [2.45, 2.75) is 25.3 Å². The highest BCUT2D eigenvalue weighted by atomic mass is 16.1. The summed E-state index contributed by atoms with van der Waals surface area (Å²) < 4.78 is 0. The summed E-state index contributed by atoms with van der Waals surface area (Å²) >= 11 is 0. The summed E-state index contributed by atoms with van der Waals surface area (Å²) in [6.07, 6.45) is 5.02. The van der Waals surface area contributed by atoms with Crippen LogP contribution < -0.4 is 16.8 Å². The summed E-state index contributed by atoms with van der Waals surface area (Å²) in [6.45, 7) is 0.663. The third-order valence-electron chi connectivity index (χ3n) is 3.36. The molecule has 17 heavy (non-hydrogen) atoms. The molecular weight excluding hydrogens is 216 g/mol. The van der Waals surface area contributed by atoms with Crippen LogP contribution >= 0.6 is 0 Å². The van der Waals surface area contributed by atoms with E-state index in [4.69, 9.17) is 11.5 Å². The fraction of sp³-hybridized carbons (Fsp3) is 0.500. The van der Waals surface area contributed by atoms with E-state index in [9.17, 15) is 4.79 Å². The van der Waals surface area contributed by atoms with Gasteiger partial charge in [-0.1, -0.05) is 6.42 Å². The molecule has 0 aliphatic heterocycles. The van der Waals surface area contributed by atoms with E-state index >= 15 is 0 Å². The molecule has 0 radical (unpaired) electrons. The van der Waals surface area contributed by atoms with E-state index in [-0.39, 0.29) is 0 Å². The lowest BCUT2D eigenvalue weighted by Crippen LogP contribution is -2.30. The molecule has 5 heteroatoms. The Morgan fingerprint density at radius 1 is 1.53 bits per heavy atom. The number of amides is 1. The van der Waals surface area contributed by atoms with Gasteiger partial charge in [0.2, 0.25) is 0 Å². The minimum absolute atomic E-state index is 0.299. The summed E-state index contributed by atoms with van der Waals surface area (Å²) in [5.74, 6) is 0.575. The van der Waals surface area contributed by atoms with Crippen molar-refractivity contribution in [2.75, 3.05) is 11.9 Å². The Balaban J connectivity index is 2.15. The van der Waals surface area contributed by atoms with Gasteiger partial charge in [-0.3, -0.25) is 4.79 Å². The maximum Gasteiger partial charge on any atom is 0.252 e. The number of nitrogens with zero attached hydrogens (tertiary/aromatic N) is 1. The molecule has 2 atom stereocenters. The van der Waals surface area contributed by atoms with Gasteiger partial charge in [-0.15, -0.1) is 0 Å². The van der Waals surface area contributed by atoms with Crippen LogP contribution in [0.5, 0.6) is 0 Å². The van der Waals surface area contributed by atoms with Crippen molar-refractivity contribution in [1.82, 2.24) is 4.98 Å². The van der Waals surface area contributed by atoms with Crippen molar-refractivity contribution in [3.63, 3.8) is 0 Å². The lowest BCUT2D eigenvalue weighted by molar-refractivity contribution is 0.100. The van der Waals surface area contributed by atoms with Crippen molar-refractivity contribution >= 4 is 11.7 Å². The van der Waals surface area contributed by atoms with E-state index < -0.39 is 5.91 Å². The molecule has 5 N–H and O–H groups in total. The van der Waals surface area contributed by atoms with Crippen molar-refractivity contribution in [3.05, 3.63) is 23.9 Å². The van der Waals surface area contributed by atoms with Crippen LogP contribution in [0.15, 0.2) is 18.3 Å². The highest BCUT2D eigenvalue weighted by molar-refractivity contribution is 5.97. The first-order chi connectivity index (χ1) is 8.22. The van der Waals surface area contributed by atoms with Crippen molar-refractivity contribution in [2.24, 2.45) is 17.4 Å². The molecule has 0 spiro atoms. The van der Waals surface area contributed by atoms with Crippen molar-refractivity contribution < 1.29 is 4.79 Å². The van der Waals surface area contributed by atoms with Crippen molar-refractivity contribution in [1.29, 1.82) is 0 Å². The Morgan fingerprint density at radius 2 is 2.35 bits per heavy atom. The molecular formula is C12H18N4O. The standard InChI is InChI=1S/C12H18N4O/c13-7-8-3-1-5-10(8)16-12-9(11(14)17)4-2-6-15-12/h2,4,6,8,10H,1,3,5,7,13H2,(H2,14,17)(H,15,16). The number of aromatic nitrogens is 1. The van der Waals surface area contributed by atoms with Gasteiger partial charge in [0.25, 0.3) is 5.91 Å². The number of hydrogen-bond acceptors (Lipinski definition) is 4. The molecule has 0 aromatic carbocycles. The van der Waals surface area contributed by atoms with Crippen LogP contribution in [0.25, 0.3) is 0 Å². The molecule has 5 nitrogen and oxygen atoms in total. The van der Waals surface area contributed by atoms with Crippen LogP contribution in [0, 0.1) is 5.92 Å². The summed E-state index contributed by atoms with van der Waals surface area (Å²) in [5.41, 5.74) is 11.5. The number of hydrogen-bond donors (Lipinski definition) is 3. The van der Waals surface area contributed by atoms with Gasteiger partial charge >= 0.3 is 0 Å². The van der Waals surface area contributed by atoms with Gasteiger partial charge in [0.1, 0.15) is 5.82 Å². The van der Waals surface area contributed by atoms with E-state index in [2.05, 4.69) is 10.3 Å². The number of anilines is 1. The first-order valence-corrected chi connectivity index (χ1v) is 5.93. The Kier molecular flexibility index (Phi) is 3.58. The van der Waals surface area contributed by atoms with Crippen LogP contribution in [-0.2, 0) is 0 Å². The maximum atomic E-state index is 11.3. The smallest absolute Gasteiger partial charge is 0.252 e. The van der Waals surface area contributed by atoms with Crippen molar-refractivity contribution in [3.8, 4) is 0 Å². The van der Waals surface area contributed by atoms with Crippen LogP contribution in [-0.4, -0.2) is 23.5 Å². The Morgan fingerprint density at radius 3 is 3.06 bits per heavy atom. The first-order valence-electron chi connectivity index (χ1n) is 5.93. The molecule has 1 amide bonds. The van der Waals surface area contributed by atoms with E-state index in [1.165, 1.54) is 0 Å². The molecule has 1 aliphatic rings. The second-order valence-electron chi connectivity index (χ2n) is 4.44. The van der Waals surface area contributed by atoms with Gasteiger partial charge in [-0.25, -0.2) is 4.98 Å². The lowest BCUT2D eigenvalue weighted by Gasteiger charge is -2.20. The zero-order chi connectivity index (χ0) is 12.3. The Hall–Kier alpha value is -1.62. The molecule has 0 bridgehead atoms. The summed E-state index contributed by atoms with van der Waals surface area (Å²) in [5, 5.41) is 3.30. The quantitative estimate of drug-likeness (QED) is 0.715. The largest absolute Gasteiger partial charge is 0.366 e. The molecule has 1 aromatic rings. The zero-order valence-corrected chi connectivity index (χ0v) is 9.73. The van der Waals surface area contributed by atoms with Gasteiger partial charge < -0.3 is 16.8 Å². The van der Waals surface area contributed by atoms with Crippen LogP contribution in [0.2, 0.25) is 0 Å². The van der Waals surface area contributed by atoms with Gasteiger partial charge in [0.05, 0.1) is 5.56 Å². The van der Waals surface area contributed by atoms with Crippen LogP contribution in [0.3, 0.4) is 0 Å². The SMILES string of the molecule is NCC1CCCC1Nc1ncccc1C(N)=O. The average Bonchev–Trinajstić information content (AvgIpc) is 2.77. The first kappa shape index (κ1) is 11.9. The van der Waals surface area contributed by atoms with E-state index in [0.29, 0.717) is 29.9 Å². The number of carbonyl (C=O) groups excluding carboxylic acids is 1. The number of rotatable bonds is 4. The second-order valence-corrected chi connectivity index (χ2v) is 4.44. The molecule has 2 unspecified atom stereocenters. The zero-order valence-electron chi connectivity index (χ0n) is 9.73. The molecule has 1 heterocycles. The minimum atomic E-state index is -0.456. The number of primary amides is 1. The highest BCUT2D eigenvalue weighted by Gasteiger charge is 2.27. The minimum Gasteiger partial charge on any atom is -0.366 e. The van der Waals surface area contributed by atoms with Crippen LogP contribution in [0.4, 0.5) is 5.82 Å². The second kappa shape index (κ2) is 5.14. The molecule has 92 valence electrons. The Bertz CT molecular complexity index is 407. The highest BCUT2D eigenvalue weighted by Crippen LogP contribution is 2.28. The number of nitrogens with two attached hydrogens (primary N) is 2. The van der Waals surface area contributed by atoms with E-state index in [0.717, 1.165) is 19.3 Å². The molecule has 1 fully saturated rings. The van der Waals surface area contributed by atoms with Gasteiger partial charge in [-0.2, -0.15) is 0 Å². The molecule has 1 aromatic heterocycles.